The summed E-state index contributed by atoms with van der Waals surface area (Å²) in [4.78, 5) is 22.6. The monoisotopic (exact) mass is 292 g/mol. The molecule has 2 amide bonds. The second-order valence-electron chi connectivity index (χ2n) is 5.13. The molecule has 7 nitrogen and oxygen atoms in total. The summed E-state index contributed by atoms with van der Waals surface area (Å²) < 4.78 is 22.8. The molecule has 1 heterocycles. The lowest BCUT2D eigenvalue weighted by atomic mass is 10.1. The third-order valence-electron chi connectivity index (χ3n) is 3.02. The number of carbonyl (C=O) groups excluding carboxylic acids is 1. The summed E-state index contributed by atoms with van der Waals surface area (Å²) in [6, 6.07) is -2.07. The van der Waals surface area contributed by atoms with Crippen LogP contribution in [0.4, 0.5) is 4.79 Å². The van der Waals surface area contributed by atoms with Crippen LogP contribution < -0.4 is 10.6 Å². The first kappa shape index (κ1) is 15.7. The highest BCUT2D eigenvalue weighted by Crippen LogP contribution is 2.12. The second kappa shape index (κ2) is 6.23. The van der Waals surface area contributed by atoms with Gasteiger partial charge in [0.1, 0.15) is 6.04 Å². The topological polar surface area (TPSA) is 113 Å². The average Bonchev–Trinajstić information content (AvgIpc) is 2.23. The molecule has 0 bridgehead atoms. The zero-order valence-electron chi connectivity index (χ0n) is 11.0. The minimum absolute atomic E-state index is 0.0835. The van der Waals surface area contributed by atoms with Crippen molar-refractivity contribution in [3.05, 3.63) is 0 Å². The first-order chi connectivity index (χ1) is 8.71. The number of nitrogens with one attached hydrogen (secondary N) is 2. The van der Waals surface area contributed by atoms with Gasteiger partial charge in [0.2, 0.25) is 0 Å². The van der Waals surface area contributed by atoms with Crippen LogP contribution in [0.1, 0.15) is 26.7 Å². The maximum Gasteiger partial charge on any atom is 0.326 e. The molecule has 1 aliphatic heterocycles. The van der Waals surface area contributed by atoms with Gasteiger partial charge in [-0.2, -0.15) is 0 Å². The Labute approximate surface area is 112 Å². The highest BCUT2D eigenvalue weighted by molar-refractivity contribution is 7.91. The summed E-state index contributed by atoms with van der Waals surface area (Å²) in [5.74, 6) is -1.30. The van der Waals surface area contributed by atoms with Gasteiger partial charge in [-0.25, -0.2) is 18.0 Å². The molecule has 1 unspecified atom stereocenters. The van der Waals surface area contributed by atoms with E-state index in [1.807, 2.05) is 0 Å². The van der Waals surface area contributed by atoms with E-state index in [9.17, 15) is 18.0 Å². The zero-order chi connectivity index (χ0) is 14.6. The number of hydrogen-bond acceptors (Lipinski definition) is 4. The SMILES string of the molecule is CC(C)[C@H](NC(=O)NC1CCCS(=O)(=O)C1)C(=O)O. The van der Waals surface area contributed by atoms with Crippen LogP contribution in [0.25, 0.3) is 0 Å². The Hall–Kier alpha value is -1.31. The fourth-order valence-electron chi connectivity index (χ4n) is 2.02. The van der Waals surface area contributed by atoms with Crippen molar-refractivity contribution >= 4 is 21.8 Å². The number of hydrogen-bond donors (Lipinski definition) is 3. The minimum atomic E-state index is -3.10. The van der Waals surface area contributed by atoms with Crippen molar-refractivity contribution in [3.63, 3.8) is 0 Å². The maximum atomic E-state index is 11.7. The summed E-state index contributed by atoms with van der Waals surface area (Å²) in [6.07, 6.45) is 1.10. The van der Waals surface area contributed by atoms with Crippen LogP contribution in [-0.2, 0) is 14.6 Å². The molecular weight excluding hydrogens is 272 g/mol. The van der Waals surface area contributed by atoms with Crippen LogP contribution in [0.2, 0.25) is 0 Å². The number of rotatable bonds is 4. The molecular formula is C11H20N2O5S. The molecule has 2 atom stereocenters. The van der Waals surface area contributed by atoms with Crippen LogP contribution in [0.15, 0.2) is 0 Å². The van der Waals surface area contributed by atoms with Crippen molar-refractivity contribution in [1.29, 1.82) is 0 Å². The average molecular weight is 292 g/mol. The van der Waals surface area contributed by atoms with E-state index in [1.54, 1.807) is 13.8 Å². The van der Waals surface area contributed by atoms with E-state index >= 15 is 0 Å². The Balaban J connectivity index is 2.53. The highest BCUT2D eigenvalue weighted by Gasteiger charge is 2.28. The van der Waals surface area contributed by atoms with E-state index in [2.05, 4.69) is 10.6 Å². The number of aliphatic carboxylic acids is 1. The van der Waals surface area contributed by atoms with E-state index in [-0.39, 0.29) is 17.4 Å². The van der Waals surface area contributed by atoms with E-state index in [0.717, 1.165) is 0 Å². The Morgan fingerprint density at radius 1 is 1.32 bits per heavy atom. The molecule has 0 aromatic carbocycles. The molecule has 3 N–H and O–H groups in total. The number of carbonyl (C=O) groups is 2. The van der Waals surface area contributed by atoms with Gasteiger partial charge >= 0.3 is 12.0 Å². The molecule has 0 aliphatic carbocycles. The number of sulfone groups is 1. The molecule has 0 spiro atoms. The molecule has 0 saturated carbocycles. The summed E-state index contributed by atoms with van der Waals surface area (Å²) in [6.45, 7) is 3.37. The van der Waals surface area contributed by atoms with Crippen molar-refractivity contribution < 1.29 is 23.1 Å². The molecule has 1 aliphatic rings. The molecule has 110 valence electrons. The molecule has 0 radical (unpaired) electrons. The van der Waals surface area contributed by atoms with Gasteiger partial charge in [-0.05, 0) is 18.8 Å². The van der Waals surface area contributed by atoms with E-state index in [1.165, 1.54) is 0 Å². The molecule has 0 aromatic heterocycles. The van der Waals surface area contributed by atoms with Crippen molar-refractivity contribution in [1.82, 2.24) is 10.6 Å². The predicted octanol–water partition coefficient (Wildman–Crippen LogP) is -0.0280. The van der Waals surface area contributed by atoms with Crippen molar-refractivity contribution in [2.45, 2.75) is 38.8 Å². The number of carboxylic acids is 1. The summed E-state index contributed by atoms with van der Waals surface area (Å²) in [5, 5.41) is 13.8. The van der Waals surface area contributed by atoms with Gasteiger partial charge in [-0.15, -0.1) is 0 Å². The Morgan fingerprint density at radius 2 is 1.95 bits per heavy atom. The standard InChI is InChI=1S/C11H20N2O5S/c1-7(2)9(10(14)15)13-11(16)12-8-4-3-5-19(17,18)6-8/h7-9H,3-6H2,1-2H3,(H,14,15)(H2,12,13,16)/t8?,9-/m0/s1. The Kier molecular flexibility index (Phi) is 5.16. The lowest BCUT2D eigenvalue weighted by Crippen LogP contribution is -2.53. The van der Waals surface area contributed by atoms with Crippen LogP contribution in [0.5, 0.6) is 0 Å². The van der Waals surface area contributed by atoms with E-state index < -0.39 is 33.9 Å². The van der Waals surface area contributed by atoms with Crippen LogP contribution in [-0.4, -0.2) is 49.1 Å². The van der Waals surface area contributed by atoms with Crippen LogP contribution >= 0.6 is 0 Å². The predicted molar refractivity (Wildman–Crippen MR) is 69.6 cm³/mol. The first-order valence-corrected chi connectivity index (χ1v) is 8.03. The molecule has 19 heavy (non-hydrogen) atoms. The van der Waals surface area contributed by atoms with E-state index in [4.69, 9.17) is 5.11 Å². The summed E-state index contributed by atoms with van der Waals surface area (Å²) >= 11 is 0. The maximum absolute atomic E-state index is 11.7. The minimum Gasteiger partial charge on any atom is -0.480 e. The van der Waals surface area contributed by atoms with Crippen molar-refractivity contribution in [2.24, 2.45) is 5.92 Å². The number of carboxylic acid groups (broad SMARTS) is 1. The van der Waals surface area contributed by atoms with Crippen molar-refractivity contribution in [3.8, 4) is 0 Å². The largest absolute Gasteiger partial charge is 0.480 e. The van der Waals surface area contributed by atoms with Gasteiger partial charge in [0.15, 0.2) is 9.84 Å². The van der Waals surface area contributed by atoms with Gasteiger partial charge in [0.25, 0.3) is 0 Å². The van der Waals surface area contributed by atoms with Gasteiger partial charge in [0, 0.05) is 6.04 Å². The lowest BCUT2D eigenvalue weighted by Gasteiger charge is -2.25. The Morgan fingerprint density at radius 3 is 2.42 bits per heavy atom. The number of amides is 2. The zero-order valence-corrected chi connectivity index (χ0v) is 11.9. The molecule has 0 aromatic rings. The van der Waals surface area contributed by atoms with Gasteiger partial charge < -0.3 is 15.7 Å². The fraction of sp³-hybridized carbons (Fsp3) is 0.818. The van der Waals surface area contributed by atoms with Gasteiger partial charge in [-0.3, -0.25) is 0 Å². The number of urea groups is 1. The normalized spacial score (nSPS) is 23.6. The third kappa shape index (κ3) is 5.06. The quantitative estimate of drug-likeness (QED) is 0.673. The highest BCUT2D eigenvalue weighted by atomic mass is 32.2. The fourth-order valence-corrected chi connectivity index (χ4v) is 3.65. The smallest absolute Gasteiger partial charge is 0.326 e. The molecule has 1 fully saturated rings. The summed E-state index contributed by atoms with van der Waals surface area (Å²) in [5.41, 5.74) is 0. The van der Waals surface area contributed by atoms with E-state index in [0.29, 0.717) is 12.8 Å². The van der Waals surface area contributed by atoms with Gasteiger partial charge in [-0.1, -0.05) is 13.8 Å². The molecule has 1 rings (SSSR count). The lowest BCUT2D eigenvalue weighted by molar-refractivity contribution is -0.140. The Bertz CT molecular complexity index is 446. The van der Waals surface area contributed by atoms with Crippen LogP contribution in [0.3, 0.4) is 0 Å². The summed E-state index contributed by atoms with van der Waals surface area (Å²) in [7, 11) is -3.10. The van der Waals surface area contributed by atoms with Gasteiger partial charge in [0.05, 0.1) is 11.5 Å². The molecule has 8 heteroatoms. The first-order valence-electron chi connectivity index (χ1n) is 6.21. The second-order valence-corrected chi connectivity index (χ2v) is 7.36. The third-order valence-corrected chi connectivity index (χ3v) is 4.84. The molecule has 1 saturated heterocycles. The van der Waals surface area contributed by atoms with Crippen LogP contribution in [0, 0.1) is 5.92 Å². The van der Waals surface area contributed by atoms with Crippen molar-refractivity contribution in [2.75, 3.05) is 11.5 Å².